The number of unbranched alkanes of at least 4 members (excludes halogenated alkanes) is 35. The zero-order valence-electron chi connectivity index (χ0n) is 50.3. The van der Waals surface area contributed by atoms with Gasteiger partial charge in [-0.05, 0) is 70.6 Å². The number of hydrogen-bond donors (Lipinski definition) is 0. The van der Waals surface area contributed by atoms with Gasteiger partial charge >= 0.3 is 17.9 Å². The zero-order chi connectivity index (χ0) is 55.0. The molecule has 0 aliphatic rings. The van der Waals surface area contributed by atoms with E-state index in [4.69, 9.17) is 14.2 Å². The molecule has 0 aromatic heterocycles. The molecule has 0 N–H and O–H groups in total. The molecule has 6 nitrogen and oxygen atoms in total. The minimum absolute atomic E-state index is 0.0947. The Kier molecular flexibility index (Phi) is 61.2. The van der Waals surface area contributed by atoms with Gasteiger partial charge in [0.25, 0.3) is 0 Å². The van der Waals surface area contributed by atoms with Gasteiger partial charge in [0.05, 0.1) is 6.42 Å². The van der Waals surface area contributed by atoms with Crippen molar-refractivity contribution in [3.8, 4) is 0 Å². The number of hydrogen-bond acceptors (Lipinski definition) is 6. The van der Waals surface area contributed by atoms with Crippen molar-refractivity contribution in [2.75, 3.05) is 13.2 Å². The third kappa shape index (κ3) is 61.4. The van der Waals surface area contributed by atoms with E-state index in [0.717, 1.165) is 96.3 Å². The first-order valence-electron chi connectivity index (χ1n) is 32.6. The van der Waals surface area contributed by atoms with E-state index in [9.17, 15) is 14.4 Å². The Balaban J connectivity index is 4.25. The molecule has 0 amide bonds. The first-order chi connectivity index (χ1) is 37.5. The molecule has 0 heterocycles. The van der Waals surface area contributed by atoms with Crippen molar-refractivity contribution in [1.29, 1.82) is 0 Å². The fraction of sp³-hybridized carbons (Fsp3) is 0.757. The van der Waals surface area contributed by atoms with E-state index in [1.165, 1.54) is 186 Å². The van der Waals surface area contributed by atoms with E-state index in [0.29, 0.717) is 12.8 Å². The maximum atomic E-state index is 12.8. The summed E-state index contributed by atoms with van der Waals surface area (Å²) in [6, 6.07) is 0. The summed E-state index contributed by atoms with van der Waals surface area (Å²) in [5.41, 5.74) is 0. The van der Waals surface area contributed by atoms with Crippen LogP contribution in [0.3, 0.4) is 0 Å². The first kappa shape index (κ1) is 72.6. The molecule has 76 heavy (non-hydrogen) atoms. The summed E-state index contributed by atoms with van der Waals surface area (Å²) >= 11 is 0. The second-order valence-electron chi connectivity index (χ2n) is 21.7. The average molecular weight is 1060 g/mol. The Morgan fingerprint density at radius 3 is 0.908 bits per heavy atom. The predicted molar refractivity (Wildman–Crippen MR) is 330 cm³/mol. The highest BCUT2D eigenvalue weighted by molar-refractivity contribution is 5.72. The van der Waals surface area contributed by atoms with E-state index in [2.05, 4.69) is 93.7 Å². The third-order valence-corrected chi connectivity index (χ3v) is 14.2. The summed E-state index contributed by atoms with van der Waals surface area (Å²) in [6.45, 7) is 6.42. The van der Waals surface area contributed by atoms with Crippen LogP contribution in [0.25, 0.3) is 0 Å². The molecule has 438 valence electrons. The Labute approximate surface area is 471 Å². The lowest BCUT2D eigenvalue weighted by Crippen LogP contribution is -2.30. The van der Waals surface area contributed by atoms with E-state index in [1.54, 1.807) is 6.08 Å². The van der Waals surface area contributed by atoms with Crippen LogP contribution in [0.4, 0.5) is 0 Å². The molecule has 0 aromatic carbocycles. The summed E-state index contributed by atoms with van der Waals surface area (Å²) in [4.78, 5) is 38.2. The van der Waals surface area contributed by atoms with Crippen molar-refractivity contribution in [1.82, 2.24) is 0 Å². The van der Waals surface area contributed by atoms with Gasteiger partial charge < -0.3 is 14.2 Å². The van der Waals surface area contributed by atoms with Crippen LogP contribution < -0.4 is 0 Å². The van der Waals surface area contributed by atoms with Crippen molar-refractivity contribution in [3.63, 3.8) is 0 Å². The Morgan fingerprint density at radius 2 is 0.566 bits per heavy atom. The molecule has 0 aliphatic carbocycles. The Morgan fingerprint density at radius 1 is 0.289 bits per heavy atom. The summed E-state index contributed by atoms with van der Waals surface area (Å²) in [7, 11) is 0. The second-order valence-corrected chi connectivity index (χ2v) is 21.7. The smallest absolute Gasteiger partial charge is 0.310 e. The molecule has 6 heteroatoms. The molecule has 0 spiro atoms. The highest BCUT2D eigenvalue weighted by Gasteiger charge is 2.19. The van der Waals surface area contributed by atoms with Crippen LogP contribution in [0.1, 0.15) is 323 Å². The Bertz CT molecular complexity index is 1450. The summed E-state index contributed by atoms with van der Waals surface area (Å²) in [5, 5.41) is 0. The van der Waals surface area contributed by atoms with Gasteiger partial charge in [-0.15, -0.1) is 0 Å². The molecule has 0 aromatic rings. The molecular formula is C70H122O6. The van der Waals surface area contributed by atoms with Gasteiger partial charge in [0.15, 0.2) is 6.10 Å². The van der Waals surface area contributed by atoms with Crippen molar-refractivity contribution in [3.05, 3.63) is 85.1 Å². The molecule has 0 fully saturated rings. The van der Waals surface area contributed by atoms with Crippen LogP contribution in [0, 0.1) is 0 Å². The molecule has 1 atom stereocenters. The highest BCUT2D eigenvalue weighted by Crippen LogP contribution is 2.17. The third-order valence-electron chi connectivity index (χ3n) is 14.2. The van der Waals surface area contributed by atoms with Crippen LogP contribution in [-0.4, -0.2) is 37.2 Å². The number of allylic oxidation sites excluding steroid dienone is 13. The molecule has 1 unspecified atom stereocenters. The minimum atomic E-state index is -0.837. The average Bonchev–Trinajstić information content (AvgIpc) is 3.42. The SMILES string of the molecule is CC/C=C\C/C=C\C/C=C\C/C=C\C/C=C\CC(=O)OC(COC(=O)CCCCCCC/C=C\C/C=C\CCCC)COC(=O)CCCCCCCCCCCCCCCCCCCCCCCCCCCCCCC. The number of esters is 3. The van der Waals surface area contributed by atoms with Crippen LogP contribution in [0.2, 0.25) is 0 Å². The fourth-order valence-electron chi connectivity index (χ4n) is 9.30. The molecule has 0 radical (unpaired) electrons. The Hall–Kier alpha value is -3.41. The molecule has 0 saturated heterocycles. The zero-order valence-corrected chi connectivity index (χ0v) is 50.3. The van der Waals surface area contributed by atoms with Gasteiger partial charge in [-0.25, -0.2) is 0 Å². The largest absolute Gasteiger partial charge is 0.462 e. The molecule has 0 bridgehead atoms. The highest BCUT2D eigenvalue weighted by atomic mass is 16.6. The van der Waals surface area contributed by atoms with Crippen LogP contribution in [0.15, 0.2) is 85.1 Å². The van der Waals surface area contributed by atoms with Crippen LogP contribution in [0.5, 0.6) is 0 Å². The molecule has 0 saturated carbocycles. The van der Waals surface area contributed by atoms with Crippen molar-refractivity contribution in [2.24, 2.45) is 0 Å². The minimum Gasteiger partial charge on any atom is -0.462 e. The number of rotatable bonds is 59. The van der Waals surface area contributed by atoms with Crippen molar-refractivity contribution < 1.29 is 28.6 Å². The lowest BCUT2D eigenvalue weighted by atomic mass is 10.0. The van der Waals surface area contributed by atoms with Crippen LogP contribution in [-0.2, 0) is 28.6 Å². The van der Waals surface area contributed by atoms with E-state index < -0.39 is 12.1 Å². The molecule has 0 rings (SSSR count). The predicted octanol–water partition coefficient (Wildman–Crippen LogP) is 22.3. The quantitative estimate of drug-likeness (QED) is 0.0261. The van der Waals surface area contributed by atoms with Gasteiger partial charge in [0, 0.05) is 12.8 Å². The normalized spacial score (nSPS) is 12.6. The van der Waals surface area contributed by atoms with E-state index >= 15 is 0 Å². The fourth-order valence-corrected chi connectivity index (χ4v) is 9.30. The number of carbonyl (C=O) groups is 3. The summed E-state index contributed by atoms with van der Waals surface area (Å²) < 4.78 is 16.8. The van der Waals surface area contributed by atoms with E-state index in [-0.39, 0.29) is 31.6 Å². The lowest BCUT2D eigenvalue weighted by Gasteiger charge is -2.18. The van der Waals surface area contributed by atoms with Gasteiger partial charge in [-0.1, -0.05) is 318 Å². The van der Waals surface area contributed by atoms with Gasteiger partial charge in [0.1, 0.15) is 13.2 Å². The maximum Gasteiger partial charge on any atom is 0.310 e. The van der Waals surface area contributed by atoms with Crippen molar-refractivity contribution in [2.45, 2.75) is 329 Å². The second kappa shape index (κ2) is 64.1. The lowest BCUT2D eigenvalue weighted by molar-refractivity contribution is -0.166. The first-order valence-corrected chi connectivity index (χ1v) is 32.6. The standard InChI is InChI=1S/C70H122O6/c1-4-7-10-13-16-19-22-25-28-29-30-31-32-33-34-35-36-37-38-39-40-41-43-45-48-51-54-57-60-63-69(72)75-66-67(65-74-68(71)62-59-56-53-50-47-44-27-24-21-18-15-12-9-6-3)76-70(73)64-61-58-55-52-49-46-42-26-23-20-17-14-11-8-5-2/h8,11,15,17-18,20,24,26-27,42,49,52,58,61,67H,4-7,9-10,12-14,16,19,21-23,25,28-41,43-48,50-51,53-57,59-60,62-66H2,1-3H3/b11-8-,18-15-,20-17-,27-24-,42-26-,52-49-,61-58-. The number of carbonyl (C=O) groups excluding carboxylic acids is 3. The van der Waals surface area contributed by atoms with Crippen LogP contribution >= 0.6 is 0 Å². The molecule has 0 aliphatic heterocycles. The topological polar surface area (TPSA) is 78.9 Å². The summed E-state index contributed by atoms with van der Waals surface area (Å²) in [5.74, 6) is -1.05. The van der Waals surface area contributed by atoms with Gasteiger partial charge in [0.2, 0.25) is 0 Å². The van der Waals surface area contributed by atoms with E-state index in [1.807, 2.05) is 6.08 Å². The maximum absolute atomic E-state index is 12.8. The number of ether oxygens (including phenoxy) is 3. The van der Waals surface area contributed by atoms with Gasteiger partial charge in [-0.2, -0.15) is 0 Å². The summed E-state index contributed by atoms with van der Waals surface area (Å²) in [6.07, 6.45) is 85.0. The molecular weight excluding hydrogens is 937 g/mol. The van der Waals surface area contributed by atoms with Gasteiger partial charge in [-0.3, -0.25) is 14.4 Å². The monoisotopic (exact) mass is 1060 g/mol. The van der Waals surface area contributed by atoms with Crippen molar-refractivity contribution >= 4 is 17.9 Å².